The Hall–Kier alpha value is -3.51. The lowest BCUT2D eigenvalue weighted by Gasteiger charge is -2.24. The Kier molecular flexibility index (Phi) is 3.91. The topological polar surface area (TPSA) is 77.5 Å². The van der Waals surface area contributed by atoms with Crippen LogP contribution in [0.5, 0.6) is 11.5 Å². The lowest BCUT2D eigenvalue weighted by atomic mass is 10.1. The zero-order valence-electron chi connectivity index (χ0n) is 14.7. The van der Waals surface area contributed by atoms with Gasteiger partial charge in [-0.3, -0.25) is 9.88 Å². The molecule has 5 rings (SSSR count). The predicted octanol–water partition coefficient (Wildman–Crippen LogP) is 4.77. The summed E-state index contributed by atoms with van der Waals surface area (Å²) >= 11 is 5.94. The van der Waals surface area contributed by atoms with Crippen molar-refractivity contribution in [2.75, 3.05) is 5.32 Å². The molecule has 3 N–H and O–H groups in total. The van der Waals surface area contributed by atoms with Crippen molar-refractivity contribution in [2.45, 2.75) is 6.17 Å². The first-order valence-electron chi connectivity index (χ1n) is 8.78. The molecule has 2 heterocycles. The second-order valence-electron chi connectivity index (χ2n) is 6.44. The smallest absolute Gasteiger partial charge is 0.212 e. The number of guanidine groups is 1. The number of nitrogens with one attached hydrogen (secondary N) is 1. The molecule has 0 radical (unpaired) electrons. The van der Waals surface area contributed by atoms with Gasteiger partial charge in [-0.15, -0.1) is 0 Å². The van der Waals surface area contributed by atoms with Gasteiger partial charge in [-0.1, -0.05) is 35.9 Å². The number of aromatic nitrogens is 2. The molecular formula is C21H16ClN5O. The van der Waals surface area contributed by atoms with Gasteiger partial charge in [0.25, 0.3) is 0 Å². The van der Waals surface area contributed by atoms with E-state index in [0.29, 0.717) is 28.4 Å². The van der Waals surface area contributed by atoms with Crippen LogP contribution in [0.15, 0.2) is 77.8 Å². The van der Waals surface area contributed by atoms with E-state index in [1.807, 2.05) is 65.2 Å². The van der Waals surface area contributed by atoms with Crippen molar-refractivity contribution in [3.05, 3.63) is 83.4 Å². The van der Waals surface area contributed by atoms with Gasteiger partial charge in [0.1, 0.15) is 11.5 Å². The van der Waals surface area contributed by atoms with E-state index >= 15 is 0 Å². The molecule has 0 fully saturated rings. The predicted molar refractivity (Wildman–Crippen MR) is 111 cm³/mol. The summed E-state index contributed by atoms with van der Waals surface area (Å²) in [5, 5.41) is 3.71. The van der Waals surface area contributed by atoms with Gasteiger partial charge in [0, 0.05) is 10.6 Å². The zero-order chi connectivity index (χ0) is 19.1. The fraction of sp³-hybridized carbons (Fsp3) is 0.0476. The fourth-order valence-electron chi connectivity index (χ4n) is 3.32. The van der Waals surface area contributed by atoms with Crippen LogP contribution >= 0.6 is 11.6 Å². The van der Waals surface area contributed by atoms with Crippen molar-refractivity contribution in [1.82, 2.24) is 9.55 Å². The number of nitrogens with zero attached hydrogens (tertiary/aromatic N) is 3. The quantitative estimate of drug-likeness (QED) is 0.529. The minimum absolute atomic E-state index is 0.330. The third kappa shape index (κ3) is 2.93. The molecule has 0 spiro atoms. The van der Waals surface area contributed by atoms with Crippen molar-refractivity contribution in [1.29, 1.82) is 0 Å². The highest BCUT2D eigenvalue weighted by molar-refractivity contribution is 6.30. The number of halogens is 1. The van der Waals surface area contributed by atoms with Crippen LogP contribution in [0.25, 0.3) is 11.0 Å². The van der Waals surface area contributed by atoms with Gasteiger partial charge in [-0.25, -0.2) is 9.98 Å². The molecule has 0 unspecified atom stereocenters. The molecule has 1 atom stereocenters. The number of hydrogen-bond donors (Lipinski definition) is 2. The van der Waals surface area contributed by atoms with E-state index in [1.54, 1.807) is 12.1 Å². The van der Waals surface area contributed by atoms with Crippen molar-refractivity contribution in [3.8, 4) is 11.5 Å². The number of rotatable bonds is 3. The van der Waals surface area contributed by atoms with Crippen LogP contribution in [0, 0.1) is 0 Å². The largest absolute Gasteiger partial charge is 0.457 e. The molecule has 1 aliphatic rings. The lowest BCUT2D eigenvalue weighted by Crippen LogP contribution is -2.31. The summed E-state index contributed by atoms with van der Waals surface area (Å²) in [5.74, 6) is 2.42. The summed E-state index contributed by atoms with van der Waals surface area (Å²) in [7, 11) is 0. The van der Waals surface area contributed by atoms with Gasteiger partial charge >= 0.3 is 0 Å². The van der Waals surface area contributed by atoms with Crippen LogP contribution in [0.3, 0.4) is 0 Å². The number of nitrogens with two attached hydrogens (primary N) is 1. The monoisotopic (exact) mass is 389 g/mol. The number of benzene rings is 3. The number of anilines is 1. The van der Waals surface area contributed by atoms with Crippen LogP contribution in [0.4, 0.5) is 5.95 Å². The summed E-state index contributed by atoms with van der Waals surface area (Å²) in [6.45, 7) is 0. The SMILES string of the molecule is NC1=N[C@@H](c2cccc(Oc3ccc(Cl)cc3)c2)n2c(nc3ccccc32)N1. The molecule has 1 aromatic heterocycles. The van der Waals surface area contributed by atoms with Crippen LogP contribution in [-0.4, -0.2) is 15.5 Å². The van der Waals surface area contributed by atoms with Crippen LogP contribution < -0.4 is 15.8 Å². The van der Waals surface area contributed by atoms with Crippen molar-refractivity contribution >= 4 is 34.5 Å². The first-order valence-corrected chi connectivity index (χ1v) is 9.16. The summed E-state index contributed by atoms with van der Waals surface area (Å²) in [6.07, 6.45) is -0.336. The van der Waals surface area contributed by atoms with Crippen LogP contribution in [-0.2, 0) is 0 Å². The normalized spacial score (nSPS) is 15.6. The van der Waals surface area contributed by atoms with E-state index in [0.717, 1.165) is 16.6 Å². The Labute approximate surface area is 166 Å². The summed E-state index contributed by atoms with van der Waals surface area (Å²) < 4.78 is 8.00. The fourth-order valence-corrected chi connectivity index (χ4v) is 3.44. The summed E-state index contributed by atoms with van der Waals surface area (Å²) in [6, 6.07) is 23.0. The molecule has 138 valence electrons. The number of fused-ring (bicyclic) bond motifs is 3. The maximum absolute atomic E-state index is 6.02. The molecule has 0 aliphatic carbocycles. The van der Waals surface area contributed by atoms with Gasteiger partial charge in [0.2, 0.25) is 5.95 Å². The molecule has 6 nitrogen and oxygen atoms in total. The maximum atomic E-state index is 6.02. The first-order chi connectivity index (χ1) is 13.7. The molecular weight excluding hydrogens is 374 g/mol. The minimum atomic E-state index is -0.336. The maximum Gasteiger partial charge on any atom is 0.212 e. The van der Waals surface area contributed by atoms with Crippen molar-refractivity contribution in [3.63, 3.8) is 0 Å². The molecule has 0 amide bonds. The third-order valence-corrected chi connectivity index (χ3v) is 4.80. The Morgan fingerprint density at radius 3 is 2.64 bits per heavy atom. The van der Waals surface area contributed by atoms with Crippen LogP contribution in [0.2, 0.25) is 5.02 Å². The lowest BCUT2D eigenvalue weighted by molar-refractivity contribution is 0.480. The number of aliphatic imine (C=N–C) groups is 1. The molecule has 1 aliphatic heterocycles. The van der Waals surface area contributed by atoms with E-state index in [1.165, 1.54) is 0 Å². The van der Waals surface area contributed by atoms with Gasteiger partial charge in [0.15, 0.2) is 12.1 Å². The Balaban J connectivity index is 1.56. The summed E-state index contributed by atoms with van der Waals surface area (Å²) in [5.41, 5.74) is 8.83. The van der Waals surface area contributed by atoms with Gasteiger partial charge in [-0.05, 0) is 48.5 Å². The van der Waals surface area contributed by atoms with Gasteiger partial charge in [0.05, 0.1) is 11.0 Å². The number of ether oxygens (including phenoxy) is 1. The minimum Gasteiger partial charge on any atom is -0.457 e. The van der Waals surface area contributed by atoms with E-state index in [9.17, 15) is 0 Å². The van der Waals surface area contributed by atoms with E-state index in [4.69, 9.17) is 22.1 Å². The van der Waals surface area contributed by atoms with Gasteiger partial charge < -0.3 is 10.5 Å². The van der Waals surface area contributed by atoms with E-state index in [-0.39, 0.29) is 6.17 Å². The van der Waals surface area contributed by atoms with Crippen molar-refractivity contribution < 1.29 is 4.74 Å². The highest BCUT2D eigenvalue weighted by Gasteiger charge is 2.25. The highest BCUT2D eigenvalue weighted by Crippen LogP contribution is 2.34. The number of imidazole rings is 1. The number of para-hydroxylation sites is 2. The molecule has 28 heavy (non-hydrogen) atoms. The van der Waals surface area contributed by atoms with Crippen LogP contribution in [0.1, 0.15) is 11.7 Å². The first kappa shape index (κ1) is 16.6. The number of hydrogen-bond acceptors (Lipinski definition) is 5. The average Bonchev–Trinajstić information content (AvgIpc) is 3.07. The Bertz CT molecular complexity index is 1200. The summed E-state index contributed by atoms with van der Waals surface area (Å²) in [4.78, 5) is 9.23. The molecule has 0 saturated carbocycles. The molecule has 0 saturated heterocycles. The van der Waals surface area contributed by atoms with Crippen molar-refractivity contribution in [2.24, 2.45) is 10.7 Å². The second-order valence-corrected chi connectivity index (χ2v) is 6.87. The molecule has 3 aromatic carbocycles. The zero-order valence-corrected chi connectivity index (χ0v) is 15.5. The average molecular weight is 390 g/mol. The second kappa shape index (κ2) is 6.58. The van der Waals surface area contributed by atoms with E-state index < -0.39 is 0 Å². The van der Waals surface area contributed by atoms with E-state index in [2.05, 4.69) is 15.3 Å². The standard InChI is InChI=1S/C21H16ClN5O/c22-14-8-10-15(11-9-14)28-16-5-3-4-13(12-16)19-25-20(23)26-21-24-17-6-1-2-7-18(17)27(19)21/h1-12,19H,(H3,23,24,25,26)/t19-/m1/s1. The third-order valence-electron chi connectivity index (χ3n) is 4.55. The Morgan fingerprint density at radius 2 is 1.79 bits per heavy atom. The van der Waals surface area contributed by atoms with Gasteiger partial charge in [-0.2, -0.15) is 0 Å². The molecule has 7 heteroatoms. The molecule has 0 bridgehead atoms. The molecule has 4 aromatic rings. The Morgan fingerprint density at radius 1 is 0.964 bits per heavy atom. The highest BCUT2D eigenvalue weighted by atomic mass is 35.5.